The van der Waals surface area contributed by atoms with Crippen LogP contribution in [0.1, 0.15) is 45.5 Å². The fraction of sp³-hybridized carbons (Fsp3) is 0.333. The van der Waals surface area contributed by atoms with Crippen molar-refractivity contribution in [1.82, 2.24) is 10.2 Å². The van der Waals surface area contributed by atoms with Gasteiger partial charge in [0.05, 0.1) is 11.3 Å². The first kappa shape index (κ1) is 18.4. The molecule has 0 spiro atoms. The summed E-state index contributed by atoms with van der Waals surface area (Å²) >= 11 is 0. The number of amides is 2. The van der Waals surface area contributed by atoms with Crippen LogP contribution in [0.2, 0.25) is 0 Å². The quantitative estimate of drug-likeness (QED) is 0.882. The molecule has 7 heteroatoms. The molecule has 1 fully saturated rings. The number of hydrogen-bond donors (Lipinski definition) is 1. The van der Waals surface area contributed by atoms with Crippen molar-refractivity contribution in [2.24, 2.45) is 0 Å². The van der Waals surface area contributed by atoms with Gasteiger partial charge in [0.2, 0.25) is 0 Å². The molecule has 146 valence electrons. The number of rotatable bonds is 3. The maximum atomic E-state index is 13.3. The van der Waals surface area contributed by atoms with E-state index in [9.17, 15) is 18.4 Å². The average molecular weight is 385 g/mol. The highest BCUT2D eigenvalue weighted by Gasteiger charge is 2.37. The van der Waals surface area contributed by atoms with E-state index in [1.165, 1.54) is 12.1 Å². The fourth-order valence-corrected chi connectivity index (χ4v) is 4.01. The topological polar surface area (TPSA) is 52.7 Å². The van der Waals surface area contributed by atoms with Crippen LogP contribution < -0.4 is 10.2 Å². The Bertz CT molecular complexity index is 927. The highest BCUT2D eigenvalue weighted by Crippen LogP contribution is 2.34. The molecule has 0 aliphatic carbocycles. The number of nitrogens with one attached hydrogen (secondary N) is 1. The summed E-state index contributed by atoms with van der Waals surface area (Å²) < 4.78 is 26.6. The molecule has 1 N–H and O–H groups in total. The standard InChI is InChI=1S/C21H21F2N3O2/c1-25-18-10-14(20(27)24-12-13-8-15(22)11-16(23)9-13)5-6-17(18)21(28)26-7-3-2-4-19(25)26/h5-6,8-11,19H,2-4,7,12H2,1H3,(H,24,27). The molecule has 2 heterocycles. The Morgan fingerprint density at radius 1 is 1.14 bits per heavy atom. The van der Waals surface area contributed by atoms with Crippen molar-refractivity contribution in [3.8, 4) is 0 Å². The maximum absolute atomic E-state index is 13.3. The molecule has 0 saturated carbocycles. The van der Waals surface area contributed by atoms with Crippen molar-refractivity contribution in [3.63, 3.8) is 0 Å². The minimum atomic E-state index is -0.685. The van der Waals surface area contributed by atoms with Gasteiger partial charge in [-0.15, -0.1) is 0 Å². The van der Waals surface area contributed by atoms with Crippen molar-refractivity contribution >= 4 is 17.5 Å². The number of nitrogens with zero attached hydrogens (tertiary/aromatic N) is 2. The van der Waals surface area contributed by atoms with E-state index in [0.29, 0.717) is 16.7 Å². The number of fused-ring (bicyclic) bond motifs is 2. The van der Waals surface area contributed by atoms with Crippen LogP contribution in [0.5, 0.6) is 0 Å². The van der Waals surface area contributed by atoms with Crippen LogP contribution in [0.3, 0.4) is 0 Å². The van der Waals surface area contributed by atoms with Crippen molar-refractivity contribution < 1.29 is 18.4 Å². The Morgan fingerprint density at radius 2 is 1.89 bits per heavy atom. The van der Waals surface area contributed by atoms with Crippen LogP contribution in [0.15, 0.2) is 36.4 Å². The molecule has 1 saturated heterocycles. The van der Waals surface area contributed by atoms with Gasteiger partial charge in [-0.1, -0.05) is 0 Å². The number of carbonyl (C=O) groups is 2. The number of hydrogen-bond acceptors (Lipinski definition) is 3. The molecule has 0 bridgehead atoms. The predicted molar refractivity (Wildman–Crippen MR) is 101 cm³/mol. The first-order valence-corrected chi connectivity index (χ1v) is 9.35. The summed E-state index contributed by atoms with van der Waals surface area (Å²) in [6.45, 7) is 0.759. The Labute approximate surface area is 161 Å². The van der Waals surface area contributed by atoms with Gasteiger partial charge in [0, 0.05) is 31.8 Å². The van der Waals surface area contributed by atoms with Crippen LogP contribution >= 0.6 is 0 Å². The number of carbonyl (C=O) groups excluding carboxylic acids is 2. The summed E-state index contributed by atoms with van der Waals surface area (Å²) in [5, 5.41) is 2.67. The summed E-state index contributed by atoms with van der Waals surface area (Å²) in [6, 6.07) is 8.14. The maximum Gasteiger partial charge on any atom is 0.257 e. The molecule has 4 rings (SSSR count). The van der Waals surface area contributed by atoms with E-state index in [0.717, 1.165) is 37.6 Å². The zero-order valence-electron chi connectivity index (χ0n) is 15.5. The largest absolute Gasteiger partial charge is 0.354 e. The summed E-state index contributed by atoms with van der Waals surface area (Å²) in [5.41, 5.74) is 2.07. The summed E-state index contributed by atoms with van der Waals surface area (Å²) in [4.78, 5) is 29.3. The minimum absolute atomic E-state index is 0.00000543. The van der Waals surface area contributed by atoms with E-state index in [4.69, 9.17) is 0 Å². The highest BCUT2D eigenvalue weighted by atomic mass is 19.1. The molecule has 2 amide bonds. The highest BCUT2D eigenvalue weighted by molar-refractivity contribution is 6.04. The van der Waals surface area contributed by atoms with E-state index in [2.05, 4.69) is 10.2 Å². The predicted octanol–water partition coefficient (Wildman–Crippen LogP) is 3.30. The Balaban J connectivity index is 1.54. The van der Waals surface area contributed by atoms with E-state index in [-0.39, 0.29) is 24.5 Å². The first-order valence-electron chi connectivity index (χ1n) is 9.35. The molecule has 2 aromatic carbocycles. The minimum Gasteiger partial charge on any atom is -0.354 e. The Hall–Kier alpha value is -2.96. The average Bonchev–Trinajstić information content (AvgIpc) is 2.69. The van der Waals surface area contributed by atoms with Crippen molar-refractivity contribution in [2.45, 2.75) is 32.0 Å². The molecule has 1 unspecified atom stereocenters. The van der Waals surface area contributed by atoms with Crippen LogP contribution in [0, 0.1) is 11.6 Å². The summed E-state index contributed by atoms with van der Waals surface area (Å²) in [7, 11) is 1.94. The normalized spacial score (nSPS) is 18.5. The van der Waals surface area contributed by atoms with Gasteiger partial charge in [0.25, 0.3) is 11.8 Å². The van der Waals surface area contributed by atoms with Gasteiger partial charge in [-0.25, -0.2) is 8.78 Å². The Kier molecular flexibility index (Phi) is 4.75. The van der Waals surface area contributed by atoms with Crippen molar-refractivity contribution in [2.75, 3.05) is 18.5 Å². The van der Waals surface area contributed by atoms with Gasteiger partial charge in [0.1, 0.15) is 17.8 Å². The molecule has 2 aliphatic heterocycles. The van der Waals surface area contributed by atoms with E-state index in [1.807, 2.05) is 11.9 Å². The van der Waals surface area contributed by atoms with E-state index in [1.54, 1.807) is 18.2 Å². The Morgan fingerprint density at radius 3 is 2.64 bits per heavy atom. The van der Waals surface area contributed by atoms with Gasteiger partial charge >= 0.3 is 0 Å². The third kappa shape index (κ3) is 3.32. The van der Waals surface area contributed by atoms with E-state index >= 15 is 0 Å². The van der Waals surface area contributed by atoms with Gasteiger partial charge in [-0.3, -0.25) is 9.59 Å². The molecule has 0 aromatic heterocycles. The van der Waals surface area contributed by atoms with Crippen molar-refractivity contribution in [1.29, 1.82) is 0 Å². The van der Waals surface area contributed by atoms with E-state index < -0.39 is 11.6 Å². The molecule has 5 nitrogen and oxygen atoms in total. The smallest absolute Gasteiger partial charge is 0.257 e. The molecule has 2 aromatic rings. The molecule has 0 radical (unpaired) electrons. The van der Waals surface area contributed by atoms with Crippen molar-refractivity contribution in [3.05, 3.63) is 64.7 Å². The summed E-state index contributed by atoms with van der Waals surface area (Å²) in [6.07, 6.45) is 3.00. The van der Waals surface area contributed by atoms with Crippen LogP contribution in [0.4, 0.5) is 14.5 Å². The van der Waals surface area contributed by atoms with Crippen LogP contribution in [0.25, 0.3) is 0 Å². The fourth-order valence-electron chi connectivity index (χ4n) is 4.01. The molecular weight excluding hydrogens is 364 g/mol. The lowest BCUT2D eigenvalue weighted by Gasteiger charge is -2.46. The van der Waals surface area contributed by atoms with Gasteiger partial charge in [-0.05, 0) is 55.2 Å². The number of anilines is 1. The zero-order chi connectivity index (χ0) is 19.8. The summed E-state index contributed by atoms with van der Waals surface area (Å²) in [5.74, 6) is -1.73. The number of halogens is 2. The molecule has 2 aliphatic rings. The third-order valence-electron chi connectivity index (χ3n) is 5.42. The zero-order valence-corrected chi connectivity index (χ0v) is 15.5. The molecule has 1 atom stereocenters. The second-order valence-electron chi connectivity index (χ2n) is 7.28. The molecule has 28 heavy (non-hydrogen) atoms. The second kappa shape index (κ2) is 7.22. The third-order valence-corrected chi connectivity index (χ3v) is 5.42. The molecular formula is C21H21F2N3O2. The monoisotopic (exact) mass is 385 g/mol. The first-order chi connectivity index (χ1) is 13.4. The lowest BCUT2D eigenvalue weighted by Crippen LogP contribution is -2.55. The van der Waals surface area contributed by atoms with Gasteiger partial charge in [0.15, 0.2) is 0 Å². The van der Waals surface area contributed by atoms with Crippen LogP contribution in [-0.4, -0.2) is 36.5 Å². The van der Waals surface area contributed by atoms with Gasteiger partial charge < -0.3 is 15.1 Å². The number of piperidine rings is 1. The lowest BCUT2D eigenvalue weighted by atomic mass is 9.97. The second-order valence-corrected chi connectivity index (χ2v) is 7.28. The van der Waals surface area contributed by atoms with Gasteiger partial charge in [-0.2, -0.15) is 0 Å². The number of benzene rings is 2. The lowest BCUT2D eigenvalue weighted by molar-refractivity contribution is 0.0589. The van der Waals surface area contributed by atoms with Crippen LogP contribution in [-0.2, 0) is 6.54 Å². The SMILES string of the molecule is CN1c2cc(C(=O)NCc3cc(F)cc(F)c3)ccc2C(=O)N2CCCCC21.